The Kier molecular flexibility index (Phi) is 5.00. The molecular formula is C16H23NO2. The fourth-order valence-electron chi connectivity index (χ4n) is 2.14. The van der Waals surface area contributed by atoms with Gasteiger partial charge in [0.15, 0.2) is 0 Å². The maximum Gasteiger partial charge on any atom is 0.134 e. The average Bonchev–Trinajstić information content (AvgIpc) is 2.82. The van der Waals surface area contributed by atoms with E-state index in [-0.39, 0.29) is 0 Å². The van der Waals surface area contributed by atoms with Crippen LogP contribution in [0.15, 0.2) is 34.9 Å². The van der Waals surface area contributed by atoms with Crippen molar-refractivity contribution in [2.24, 2.45) is 5.92 Å². The molecule has 3 heteroatoms. The lowest BCUT2D eigenvalue weighted by molar-refractivity contribution is 0.108. The van der Waals surface area contributed by atoms with Crippen LogP contribution in [0.4, 0.5) is 0 Å². The van der Waals surface area contributed by atoms with Gasteiger partial charge in [-0.1, -0.05) is 32.0 Å². The van der Waals surface area contributed by atoms with Gasteiger partial charge in [0.25, 0.3) is 0 Å². The molecule has 1 N–H and O–H groups in total. The predicted octanol–water partition coefficient (Wildman–Crippen LogP) is 3.58. The van der Waals surface area contributed by atoms with Gasteiger partial charge in [-0.25, -0.2) is 0 Å². The van der Waals surface area contributed by atoms with Gasteiger partial charge in [-0.05, 0) is 18.9 Å². The van der Waals surface area contributed by atoms with E-state index in [1.165, 1.54) is 10.9 Å². The molecule has 0 saturated heterocycles. The van der Waals surface area contributed by atoms with Crippen LogP contribution >= 0.6 is 0 Å². The summed E-state index contributed by atoms with van der Waals surface area (Å²) in [6, 6.07) is 8.51. The topological polar surface area (TPSA) is 34.4 Å². The van der Waals surface area contributed by atoms with Crippen LogP contribution < -0.4 is 5.32 Å². The van der Waals surface area contributed by atoms with Gasteiger partial charge < -0.3 is 14.5 Å². The van der Waals surface area contributed by atoms with Gasteiger partial charge in [-0.3, -0.25) is 0 Å². The summed E-state index contributed by atoms with van der Waals surface area (Å²) in [6.45, 7) is 8.78. The summed E-state index contributed by atoms with van der Waals surface area (Å²) in [6.07, 6.45) is 1.84. The van der Waals surface area contributed by atoms with Gasteiger partial charge >= 0.3 is 0 Å². The number of benzene rings is 1. The molecule has 0 amide bonds. The van der Waals surface area contributed by atoms with Crippen molar-refractivity contribution in [1.29, 1.82) is 0 Å². The van der Waals surface area contributed by atoms with Gasteiger partial charge in [0.2, 0.25) is 0 Å². The highest BCUT2D eigenvalue weighted by Gasteiger charge is 2.14. The molecule has 0 aliphatic heterocycles. The standard InChI is InChI=1S/C16H23NO2/c1-4-18-11-15(12(2)3)17-9-13-10-19-16-8-6-5-7-14(13)16/h5-8,10,12,15,17H,4,9,11H2,1-3H3. The third kappa shape index (κ3) is 3.58. The van der Waals surface area contributed by atoms with Crippen LogP contribution in [-0.4, -0.2) is 19.3 Å². The fourth-order valence-corrected chi connectivity index (χ4v) is 2.14. The lowest BCUT2D eigenvalue weighted by Crippen LogP contribution is -2.37. The second kappa shape index (κ2) is 6.73. The molecule has 0 saturated carbocycles. The number of hydrogen-bond donors (Lipinski definition) is 1. The molecule has 0 aliphatic carbocycles. The molecule has 1 atom stereocenters. The number of nitrogens with one attached hydrogen (secondary N) is 1. The van der Waals surface area contributed by atoms with E-state index in [1.807, 2.05) is 31.4 Å². The Morgan fingerprint density at radius 2 is 2.05 bits per heavy atom. The van der Waals surface area contributed by atoms with Crippen molar-refractivity contribution in [3.8, 4) is 0 Å². The zero-order valence-electron chi connectivity index (χ0n) is 12.0. The SMILES string of the molecule is CCOCC(NCc1coc2ccccc12)C(C)C. The van der Waals surface area contributed by atoms with Crippen molar-refractivity contribution >= 4 is 11.0 Å². The molecule has 1 unspecified atom stereocenters. The van der Waals surface area contributed by atoms with Crippen molar-refractivity contribution in [3.63, 3.8) is 0 Å². The first-order valence-electron chi connectivity index (χ1n) is 6.98. The van der Waals surface area contributed by atoms with E-state index in [1.54, 1.807) is 0 Å². The van der Waals surface area contributed by atoms with E-state index in [0.29, 0.717) is 12.0 Å². The zero-order chi connectivity index (χ0) is 13.7. The first-order chi connectivity index (χ1) is 9.22. The summed E-state index contributed by atoms with van der Waals surface area (Å²) in [5.74, 6) is 0.546. The molecule has 0 spiro atoms. The highest BCUT2D eigenvalue weighted by molar-refractivity contribution is 5.80. The van der Waals surface area contributed by atoms with E-state index in [4.69, 9.17) is 9.15 Å². The number of rotatable bonds is 7. The Morgan fingerprint density at radius 1 is 1.26 bits per heavy atom. The number of ether oxygens (including phenoxy) is 1. The number of furan rings is 1. The molecule has 0 radical (unpaired) electrons. The molecule has 0 aliphatic rings. The fraction of sp³-hybridized carbons (Fsp3) is 0.500. The van der Waals surface area contributed by atoms with Gasteiger partial charge in [0, 0.05) is 30.1 Å². The van der Waals surface area contributed by atoms with Crippen LogP contribution in [0.3, 0.4) is 0 Å². The number of hydrogen-bond acceptors (Lipinski definition) is 3. The predicted molar refractivity (Wildman–Crippen MR) is 78.2 cm³/mol. The Balaban J connectivity index is 2.00. The summed E-state index contributed by atoms with van der Waals surface area (Å²) >= 11 is 0. The van der Waals surface area contributed by atoms with Crippen LogP contribution in [0.2, 0.25) is 0 Å². The molecule has 1 aromatic carbocycles. The Morgan fingerprint density at radius 3 is 2.79 bits per heavy atom. The summed E-state index contributed by atoms with van der Waals surface area (Å²) < 4.78 is 11.1. The molecule has 0 fully saturated rings. The molecule has 2 rings (SSSR count). The quantitative estimate of drug-likeness (QED) is 0.827. The average molecular weight is 261 g/mol. The zero-order valence-corrected chi connectivity index (χ0v) is 12.0. The Labute approximate surface area is 114 Å². The molecule has 0 bridgehead atoms. The lowest BCUT2D eigenvalue weighted by Gasteiger charge is -2.21. The van der Waals surface area contributed by atoms with Gasteiger partial charge in [0.05, 0.1) is 12.9 Å². The normalized spacial score (nSPS) is 13.3. The van der Waals surface area contributed by atoms with Gasteiger partial charge in [-0.15, -0.1) is 0 Å². The van der Waals surface area contributed by atoms with Gasteiger partial charge in [0.1, 0.15) is 5.58 Å². The second-order valence-corrected chi connectivity index (χ2v) is 5.15. The highest BCUT2D eigenvalue weighted by Crippen LogP contribution is 2.20. The summed E-state index contributed by atoms with van der Waals surface area (Å²) in [7, 11) is 0. The summed E-state index contributed by atoms with van der Waals surface area (Å²) in [5, 5.41) is 4.75. The first kappa shape index (κ1) is 14.1. The second-order valence-electron chi connectivity index (χ2n) is 5.15. The monoisotopic (exact) mass is 261 g/mol. The molecule has 3 nitrogen and oxygen atoms in total. The highest BCUT2D eigenvalue weighted by atomic mass is 16.5. The molecule has 1 aromatic heterocycles. The Bertz CT molecular complexity index is 504. The van der Waals surface area contributed by atoms with Crippen LogP contribution in [0.25, 0.3) is 11.0 Å². The molecule has 1 heterocycles. The largest absolute Gasteiger partial charge is 0.464 e. The lowest BCUT2D eigenvalue weighted by atomic mass is 10.0. The van der Waals surface area contributed by atoms with Crippen molar-refractivity contribution in [1.82, 2.24) is 5.32 Å². The van der Waals surface area contributed by atoms with Crippen molar-refractivity contribution in [2.75, 3.05) is 13.2 Å². The van der Waals surface area contributed by atoms with E-state index in [0.717, 1.165) is 25.3 Å². The molecule has 2 aromatic rings. The molecular weight excluding hydrogens is 238 g/mol. The van der Waals surface area contributed by atoms with E-state index >= 15 is 0 Å². The third-order valence-corrected chi connectivity index (χ3v) is 3.42. The van der Waals surface area contributed by atoms with Crippen molar-refractivity contribution in [3.05, 3.63) is 36.1 Å². The van der Waals surface area contributed by atoms with Crippen LogP contribution in [0.5, 0.6) is 0 Å². The van der Waals surface area contributed by atoms with E-state index in [9.17, 15) is 0 Å². The van der Waals surface area contributed by atoms with E-state index < -0.39 is 0 Å². The number of fused-ring (bicyclic) bond motifs is 1. The number of para-hydroxylation sites is 1. The molecule has 19 heavy (non-hydrogen) atoms. The van der Waals surface area contributed by atoms with Crippen LogP contribution in [0.1, 0.15) is 26.3 Å². The van der Waals surface area contributed by atoms with E-state index in [2.05, 4.69) is 25.2 Å². The maximum atomic E-state index is 5.55. The van der Waals surface area contributed by atoms with Crippen molar-refractivity contribution in [2.45, 2.75) is 33.4 Å². The Hall–Kier alpha value is -1.32. The molecule has 104 valence electrons. The minimum absolute atomic E-state index is 0.369. The smallest absolute Gasteiger partial charge is 0.134 e. The van der Waals surface area contributed by atoms with Crippen LogP contribution in [-0.2, 0) is 11.3 Å². The first-order valence-corrected chi connectivity index (χ1v) is 6.98. The maximum absolute atomic E-state index is 5.55. The third-order valence-electron chi connectivity index (χ3n) is 3.42. The summed E-state index contributed by atoms with van der Waals surface area (Å²) in [4.78, 5) is 0. The minimum atomic E-state index is 0.369. The van der Waals surface area contributed by atoms with Crippen molar-refractivity contribution < 1.29 is 9.15 Å². The van der Waals surface area contributed by atoms with Crippen LogP contribution in [0, 0.1) is 5.92 Å². The minimum Gasteiger partial charge on any atom is -0.464 e. The summed E-state index contributed by atoms with van der Waals surface area (Å²) in [5.41, 5.74) is 2.16. The van der Waals surface area contributed by atoms with Gasteiger partial charge in [-0.2, -0.15) is 0 Å².